The van der Waals surface area contributed by atoms with E-state index in [1.165, 1.54) is 0 Å². The van der Waals surface area contributed by atoms with Crippen LogP contribution in [0.25, 0.3) is 0 Å². The fourth-order valence-corrected chi connectivity index (χ4v) is 0.645. The minimum atomic E-state index is -0.862. The molecule has 0 saturated carbocycles. The number of carbonyl (C=O) groups is 1. The zero-order chi connectivity index (χ0) is 8.97. The molecule has 0 spiro atoms. The first-order chi connectivity index (χ1) is 5.68. The van der Waals surface area contributed by atoms with Gasteiger partial charge in [-0.25, -0.2) is 0 Å². The van der Waals surface area contributed by atoms with Crippen molar-refractivity contribution in [1.29, 1.82) is 0 Å². The summed E-state index contributed by atoms with van der Waals surface area (Å²) in [6.07, 6.45) is 0.0292. The fraction of sp³-hybridized carbons (Fsp3) is 0.500. The van der Waals surface area contributed by atoms with Crippen LogP contribution in [0.2, 0.25) is 0 Å². The third-order valence-electron chi connectivity index (χ3n) is 1.14. The molecule has 0 amide bonds. The van der Waals surface area contributed by atoms with Crippen LogP contribution in [0.3, 0.4) is 0 Å². The van der Waals surface area contributed by atoms with Gasteiger partial charge >= 0.3 is 12.0 Å². The number of aryl methyl sites for hydroxylation is 1. The summed E-state index contributed by atoms with van der Waals surface area (Å²) in [6.45, 7) is 1.98. The number of aliphatic carboxylic acids is 1. The highest BCUT2D eigenvalue weighted by Crippen LogP contribution is 2.01. The van der Waals surface area contributed by atoms with Crippen molar-refractivity contribution in [2.45, 2.75) is 13.3 Å². The van der Waals surface area contributed by atoms with Gasteiger partial charge in [0.05, 0.1) is 6.42 Å². The summed E-state index contributed by atoms with van der Waals surface area (Å²) in [5.41, 5.74) is 0. The van der Waals surface area contributed by atoms with Crippen LogP contribution in [0.5, 0.6) is 0 Å². The van der Waals surface area contributed by atoms with Crippen LogP contribution in [-0.4, -0.2) is 27.8 Å². The average molecular weight is 171 g/mol. The molecule has 0 unspecified atom stereocenters. The van der Waals surface area contributed by atoms with Gasteiger partial charge < -0.3 is 14.9 Å². The summed E-state index contributed by atoms with van der Waals surface area (Å²) >= 11 is 0. The van der Waals surface area contributed by atoms with Gasteiger partial charge in [-0.1, -0.05) is 5.16 Å². The summed E-state index contributed by atoms with van der Waals surface area (Å²) in [5.74, 6) is -0.341. The van der Waals surface area contributed by atoms with Crippen LogP contribution in [0, 0.1) is 6.92 Å². The average Bonchev–Trinajstić information content (AvgIpc) is 2.35. The first kappa shape index (κ1) is 8.51. The number of anilines is 1. The predicted octanol–water partition coefficient (Wildman–Crippen LogP) is 0.265. The minimum absolute atomic E-state index is 0.0292. The third-order valence-corrected chi connectivity index (χ3v) is 1.14. The first-order valence-electron chi connectivity index (χ1n) is 3.44. The highest BCUT2D eigenvalue weighted by molar-refractivity contribution is 5.67. The van der Waals surface area contributed by atoms with Crippen LogP contribution in [0.4, 0.5) is 6.01 Å². The zero-order valence-corrected chi connectivity index (χ0v) is 6.57. The standard InChI is InChI=1S/C6H9N3O3/c1-4-8-6(12-9-4)7-3-2-5(10)11/h2-3H2,1H3,(H,10,11)(H,7,8,9). The Kier molecular flexibility index (Phi) is 2.62. The normalized spacial score (nSPS) is 9.75. The summed E-state index contributed by atoms with van der Waals surface area (Å²) in [6, 6.07) is 0.258. The maximum Gasteiger partial charge on any atom is 0.321 e. The maximum atomic E-state index is 10.1. The molecule has 1 aromatic rings. The highest BCUT2D eigenvalue weighted by Gasteiger charge is 2.01. The molecule has 0 aliphatic rings. The van der Waals surface area contributed by atoms with E-state index in [-0.39, 0.29) is 19.0 Å². The number of nitrogens with zero attached hydrogens (tertiary/aromatic N) is 2. The van der Waals surface area contributed by atoms with Gasteiger partial charge in [-0.05, 0) is 6.92 Å². The van der Waals surface area contributed by atoms with Gasteiger partial charge in [0.1, 0.15) is 0 Å². The topological polar surface area (TPSA) is 88.2 Å². The van der Waals surface area contributed by atoms with Gasteiger partial charge in [0, 0.05) is 6.54 Å². The van der Waals surface area contributed by atoms with Crippen molar-refractivity contribution in [3.05, 3.63) is 5.82 Å². The van der Waals surface area contributed by atoms with Gasteiger partial charge in [-0.15, -0.1) is 0 Å². The lowest BCUT2D eigenvalue weighted by Gasteiger charge is -1.95. The van der Waals surface area contributed by atoms with E-state index in [4.69, 9.17) is 5.11 Å². The smallest absolute Gasteiger partial charge is 0.321 e. The number of carboxylic acid groups (broad SMARTS) is 1. The van der Waals surface area contributed by atoms with Gasteiger partial charge in [0.15, 0.2) is 5.82 Å². The number of hydrogen-bond donors (Lipinski definition) is 2. The van der Waals surface area contributed by atoms with Gasteiger partial charge in [-0.2, -0.15) is 4.98 Å². The highest BCUT2D eigenvalue weighted by atomic mass is 16.5. The van der Waals surface area contributed by atoms with E-state index in [9.17, 15) is 4.79 Å². The second-order valence-corrected chi connectivity index (χ2v) is 2.22. The van der Waals surface area contributed by atoms with E-state index < -0.39 is 5.97 Å². The van der Waals surface area contributed by atoms with E-state index >= 15 is 0 Å². The van der Waals surface area contributed by atoms with Crippen molar-refractivity contribution in [2.24, 2.45) is 0 Å². The fourth-order valence-electron chi connectivity index (χ4n) is 0.645. The van der Waals surface area contributed by atoms with E-state index in [0.717, 1.165) is 0 Å². The zero-order valence-electron chi connectivity index (χ0n) is 6.57. The largest absolute Gasteiger partial charge is 0.481 e. The van der Waals surface area contributed by atoms with Gasteiger partial charge in [-0.3, -0.25) is 4.79 Å². The monoisotopic (exact) mass is 171 g/mol. The second kappa shape index (κ2) is 3.70. The molecular formula is C6H9N3O3. The lowest BCUT2D eigenvalue weighted by molar-refractivity contribution is -0.136. The third kappa shape index (κ3) is 2.57. The first-order valence-corrected chi connectivity index (χ1v) is 3.44. The lowest BCUT2D eigenvalue weighted by atomic mass is 10.4. The minimum Gasteiger partial charge on any atom is -0.481 e. The molecule has 0 radical (unpaired) electrons. The van der Waals surface area contributed by atoms with E-state index in [0.29, 0.717) is 5.82 Å². The van der Waals surface area contributed by atoms with Gasteiger partial charge in [0.2, 0.25) is 0 Å². The molecule has 1 heterocycles. The maximum absolute atomic E-state index is 10.1. The second-order valence-electron chi connectivity index (χ2n) is 2.22. The van der Waals surface area contributed by atoms with Crippen LogP contribution >= 0.6 is 0 Å². The summed E-state index contributed by atoms with van der Waals surface area (Å²) in [4.78, 5) is 13.9. The summed E-state index contributed by atoms with van der Waals surface area (Å²) in [5, 5.41) is 14.5. The molecule has 0 bridgehead atoms. The predicted molar refractivity (Wildman–Crippen MR) is 39.8 cm³/mol. The molecule has 0 atom stereocenters. The van der Waals surface area contributed by atoms with Gasteiger partial charge in [0.25, 0.3) is 0 Å². The van der Waals surface area contributed by atoms with Crippen LogP contribution < -0.4 is 5.32 Å². The van der Waals surface area contributed by atoms with Crippen LogP contribution in [0.1, 0.15) is 12.2 Å². The molecule has 0 aliphatic carbocycles. The Bertz CT molecular complexity index is 271. The van der Waals surface area contributed by atoms with Crippen molar-refractivity contribution in [3.63, 3.8) is 0 Å². The van der Waals surface area contributed by atoms with Crippen LogP contribution in [-0.2, 0) is 4.79 Å². The van der Waals surface area contributed by atoms with Crippen molar-refractivity contribution in [2.75, 3.05) is 11.9 Å². The SMILES string of the molecule is Cc1noc(NCCC(=O)O)n1. The Morgan fingerprint density at radius 1 is 1.75 bits per heavy atom. The molecule has 66 valence electrons. The Morgan fingerprint density at radius 3 is 3.00 bits per heavy atom. The molecule has 1 aromatic heterocycles. The number of carboxylic acids is 1. The molecule has 0 aliphatic heterocycles. The molecule has 0 saturated heterocycles. The molecule has 6 nitrogen and oxygen atoms in total. The molecule has 0 fully saturated rings. The number of hydrogen-bond acceptors (Lipinski definition) is 5. The van der Waals surface area contributed by atoms with Crippen LogP contribution in [0.15, 0.2) is 4.52 Å². The number of rotatable bonds is 4. The van der Waals surface area contributed by atoms with E-state index in [1.54, 1.807) is 6.92 Å². The molecule has 0 aromatic carbocycles. The Morgan fingerprint density at radius 2 is 2.50 bits per heavy atom. The van der Waals surface area contributed by atoms with Crippen molar-refractivity contribution in [1.82, 2.24) is 10.1 Å². The van der Waals surface area contributed by atoms with E-state index in [1.807, 2.05) is 0 Å². The Labute approximate surface area is 68.6 Å². The molecule has 2 N–H and O–H groups in total. The molecule has 1 rings (SSSR count). The number of aromatic nitrogens is 2. The van der Waals surface area contributed by atoms with E-state index in [2.05, 4.69) is 20.0 Å². The Hall–Kier alpha value is -1.59. The molecule has 6 heteroatoms. The summed E-state index contributed by atoms with van der Waals surface area (Å²) in [7, 11) is 0. The Balaban J connectivity index is 2.29. The van der Waals surface area contributed by atoms with Crippen molar-refractivity contribution in [3.8, 4) is 0 Å². The summed E-state index contributed by atoms with van der Waals surface area (Å²) < 4.78 is 4.68. The van der Waals surface area contributed by atoms with Crippen molar-refractivity contribution >= 4 is 12.0 Å². The quantitative estimate of drug-likeness (QED) is 0.675. The lowest BCUT2D eigenvalue weighted by Crippen LogP contribution is -2.07. The molecule has 12 heavy (non-hydrogen) atoms. The number of nitrogens with one attached hydrogen (secondary N) is 1. The van der Waals surface area contributed by atoms with Crippen molar-refractivity contribution < 1.29 is 14.4 Å². The molecular weight excluding hydrogens is 162 g/mol.